The highest BCUT2D eigenvalue weighted by Crippen LogP contribution is 2.40. The molecular formula is C12H23F2N3O. The lowest BCUT2D eigenvalue weighted by Crippen LogP contribution is -2.64. The molecule has 0 aromatic heterocycles. The van der Waals surface area contributed by atoms with Crippen molar-refractivity contribution in [2.45, 2.75) is 44.7 Å². The molecule has 106 valence electrons. The van der Waals surface area contributed by atoms with E-state index in [0.29, 0.717) is 0 Å². The van der Waals surface area contributed by atoms with Gasteiger partial charge in [0.15, 0.2) is 0 Å². The third-order valence-corrected chi connectivity index (χ3v) is 3.23. The van der Waals surface area contributed by atoms with Crippen LogP contribution in [0.3, 0.4) is 0 Å². The van der Waals surface area contributed by atoms with Crippen LogP contribution < -0.4 is 11.1 Å². The van der Waals surface area contributed by atoms with Gasteiger partial charge in [-0.2, -0.15) is 0 Å². The van der Waals surface area contributed by atoms with Crippen molar-refractivity contribution >= 4 is 5.91 Å². The molecule has 6 heteroatoms. The molecule has 1 aliphatic rings. The molecule has 0 aromatic rings. The molecule has 1 fully saturated rings. The minimum absolute atomic E-state index is 0.0815. The standard InChI is InChI=1S/C12H23F2N3O/c1-8(2)16-12(11(15)18,9-4-5-9)7-17(3)6-10(13)14/h8-10,16H,4-7H2,1-3H3,(H2,15,18). The zero-order valence-electron chi connectivity index (χ0n) is 11.2. The summed E-state index contributed by atoms with van der Waals surface area (Å²) < 4.78 is 24.7. The quantitative estimate of drug-likeness (QED) is 0.681. The Hall–Kier alpha value is -0.750. The summed E-state index contributed by atoms with van der Waals surface area (Å²) in [7, 11) is 1.59. The molecule has 1 aliphatic carbocycles. The first-order valence-electron chi connectivity index (χ1n) is 6.32. The number of rotatable bonds is 8. The van der Waals surface area contributed by atoms with Crippen molar-refractivity contribution < 1.29 is 13.6 Å². The summed E-state index contributed by atoms with van der Waals surface area (Å²) in [6, 6.07) is 0.0815. The predicted octanol–water partition coefficient (Wildman–Crippen LogP) is 0.815. The van der Waals surface area contributed by atoms with E-state index in [1.54, 1.807) is 7.05 Å². The molecule has 0 bridgehead atoms. The maximum Gasteiger partial charge on any atom is 0.251 e. The number of hydrogen-bond donors (Lipinski definition) is 2. The van der Waals surface area contributed by atoms with Crippen molar-refractivity contribution in [3.05, 3.63) is 0 Å². The van der Waals surface area contributed by atoms with E-state index in [1.807, 2.05) is 13.8 Å². The maximum absolute atomic E-state index is 12.4. The van der Waals surface area contributed by atoms with Crippen LogP contribution in [0.4, 0.5) is 8.78 Å². The lowest BCUT2D eigenvalue weighted by Gasteiger charge is -2.37. The van der Waals surface area contributed by atoms with Crippen molar-refractivity contribution in [2.24, 2.45) is 11.7 Å². The molecule has 18 heavy (non-hydrogen) atoms. The first kappa shape index (κ1) is 15.3. The molecule has 1 saturated carbocycles. The summed E-state index contributed by atoms with van der Waals surface area (Å²) in [5.74, 6) is -0.280. The van der Waals surface area contributed by atoms with E-state index in [2.05, 4.69) is 5.32 Å². The van der Waals surface area contributed by atoms with Gasteiger partial charge in [0.25, 0.3) is 6.43 Å². The summed E-state index contributed by atoms with van der Waals surface area (Å²) in [5.41, 5.74) is 4.65. The minimum atomic E-state index is -2.40. The molecule has 0 saturated heterocycles. The Morgan fingerprint density at radius 3 is 2.39 bits per heavy atom. The van der Waals surface area contributed by atoms with Gasteiger partial charge in [-0.1, -0.05) is 0 Å². The number of halogens is 2. The van der Waals surface area contributed by atoms with Crippen molar-refractivity contribution in [2.75, 3.05) is 20.1 Å². The molecule has 1 rings (SSSR count). The number of alkyl halides is 2. The van der Waals surface area contributed by atoms with E-state index in [4.69, 9.17) is 5.73 Å². The normalized spacial score (nSPS) is 19.6. The fraction of sp³-hybridized carbons (Fsp3) is 0.917. The van der Waals surface area contributed by atoms with E-state index >= 15 is 0 Å². The predicted molar refractivity (Wildman–Crippen MR) is 66.4 cm³/mol. The van der Waals surface area contributed by atoms with Crippen LogP contribution in [-0.2, 0) is 4.79 Å². The molecule has 0 spiro atoms. The molecule has 1 amide bonds. The first-order chi connectivity index (χ1) is 8.28. The molecule has 0 heterocycles. The average Bonchev–Trinajstić information content (AvgIpc) is 2.96. The van der Waals surface area contributed by atoms with Crippen molar-refractivity contribution in [1.29, 1.82) is 0 Å². The second-order valence-corrected chi connectivity index (χ2v) is 5.50. The van der Waals surface area contributed by atoms with Crippen LogP contribution in [0.25, 0.3) is 0 Å². The molecule has 0 aromatic carbocycles. The molecule has 4 nitrogen and oxygen atoms in total. The summed E-state index contributed by atoms with van der Waals surface area (Å²) in [6.45, 7) is 3.73. The zero-order valence-corrected chi connectivity index (χ0v) is 11.2. The van der Waals surface area contributed by atoms with Gasteiger partial charge < -0.3 is 5.73 Å². The van der Waals surface area contributed by atoms with Crippen LogP contribution in [0.5, 0.6) is 0 Å². The number of nitrogens with zero attached hydrogens (tertiary/aromatic N) is 1. The van der Waals surface area contributed by atoms with E-state index in [0.717, 1.165) is 12.8 Å². The van der Waals surface area contributed by atoms with Crippen molar-refractivity contribution in [1.82, 2.24) is 10.2 Å². The summed E-state index contributed by atoms with van der Waals surface area (Å²) in [4.78, 5) is 13.3. The lowest BCUT2D eigenvalue weighted by atomic mass is 9.90. The summed E-state index contributed by atoms with van der Waals surface area (Å²) >= 11 is 0. The third-order valence-electron chi connectivity index (χ3n) is 3.23. The van der Waals surface area contributed by atoms with Gasteiger partial charge in [-0.15, -0.1) is 0 Å². The number of carbonyl (C=O) groups is 1. The van der Waals surface area contributed by atoms with Crippen LogP contribution >= 0.6 is 0 Å². The smallest absolute Gasteiger partial charge is 0.251 e. The van der Waals surface area contributed by atoms with Crippen LogP contribution in [0, 0.1) is 5.92 Å². The van der Waals surface area contributed by atoms with E-state index in [9.17, 15) is 13.6 Å². The Kier molecular flexibility index (Phi) is 5.04. The highest BCUT2D eigenvalue weighted by molar-refractivity contribution is 5.86. The lowest BCUT2D eigenvalue weighted by molar-refractivity contribution is -0.126. The number of carbonyl (C=O) groups excluding carboxylic acids is 1. The highest BCUT2D eigenvalue weighted by Gasteiger charge is 2.50. The molecule has 1 unspecified atom stereocenters. The summed E-state index contributed by atoms with van der Waals surface area (Å²) in [5, 5.41) is 3.20. The van der Waals surface area contributed by atoms with Gasteiger partial charge in [-0.05, 0) is 39.7 Å². The Labute approximate surface area is 107 Å². The van der Waals surface area contributed by atoms with Crippen LogP contribution in [0.2, 0.25) is 0 Å². The van der Waals surface area contributed by atoms with Crippen molar-refractivity contribution in [3.8, 4) is 0 Å². The minimum Gasteiger partial charge on any atom is -0.368 e. The van der Waals surface area contributed by atoms with E-state index in [-0.39, 0.29) is 25.0 Å². The fourth-order valence-electron chi connectivity index (χ4n) is 2.46. The highest BCUT2D eigenvalue weighted by atomic mass is 19.3. The number of nitrogens with two attached hydrogens (primary N) is 1. The van der Waals surface area contributed by atoms with Gasteiger partial charge in [-0.25, -0.2) is 8.78 Å². The van der Waals surface area contributed by atoms with Gasteiger partial charge in [0.1, 0.15) is 5.54 Å². The topological polar surface area (TPSA) is 58.4 Å². The Morgan fingerprint density at radius 2 is 2.06 bits per heavy atom. The van der Waals surface area contributed by atoms with Gasteiger partial charge in [0.2, 0.25) is 5.91 Å². The molecule has 0 radical (unpaired) electrons. The fourth-order valence-corrected chi connectivity index (χ4v) is 2.46. The molecule has 1 atom stereocenters. The SMILES string of the molecule is CC(C)NC(CN(C)CC(F)F)(C(N)=O)C1CC1. The third kappa shape index (κ3) is 3.88. The Morgan fingerprint density at radius 1 is 1.50 bits per heavy atom. The Balaban J connectivity index is 2.78. The van der Waals surface area contributed by atoms with Gasteiger partial charge in [-0.3, -0.25) is 15.0 Å². The van der Waals surface area contributed by atoms with Crippen LogP contribution in [0.1, 0.15) is 26.7 Å². The van der Waals surface area contributed by atoms with E-state index < -0.39 is 17.9 Å². The second kappa shape index (κ2) is 5.93. The summed E-state index contributed by atoms with van der Waals surface area (Å²) in [6.07, 6.45) is -0.560. The maximum atomic E-state index is 12.4. The number of nitrogens with one attached hydrogen (secondary N) is 1. The van der Waals surface area contributed by atoms with Gasteiger partial charge in [0, 0.05) is 12.6 Å². The zero-order chi connectivity index (χ0) is 13.9. The van der Waals surface area contributed by atoms with E-state index in [1.165, 1.54) is 4.90 Å². The first-order valence-corrected chi connectivity index (χ1v) is 6.32. The number of likely N-dealkylation sites (N-methyl/N-ethyl adjacent to an activating group) is 1. The number of amides is 1. The van der Waals surface area contributed by atoms with Crippen LogP contribution in [-0.4, -0.2) is 49.0 Å². The molecule has 3 N–H and O–H groups in total. The molecular weight excluding hydrogens is 240 g/mol. The number of hydrogen-bond acceptors (Lipinski definition) is 3. The number of primary amides is 1. The average molecular weight is 263 g/mol. The second-order valence-electron chi connectivity index (χ2n) is 5.50. The van der Waals surface area contributed by atoms with Crippen LogP contribution in [0.15, 0.2) is 0 Å². The van der Waals surface area contributed by atoms with Crippen molar-refractivity contribution in [3.63, 3.8) is 0 Å². The Bertz CT molecular complexity index is 295. The monoisotopic (exact) mass is 263 g/mol. The molecule has 0 aliphatic heterocycles. The van der Waals surface area contributed by atoms with Gasteiger partial charge in [0.05, 0.1) is 6.54 Å². The van der Waals surface area contributed by atoms with Gasteiger partial charge >= 0.3 is 0 Å². The largest absolute Gasteiger partial charge is 0.368 e.